The number of allylic oxidation sites excluding steroid dienone is 1. The van der Waals surface area contributed by atoms with E-state index in [1.54, 1.807) is 0 Å². The van der Waals surface area contributed by atoms with Crippen molar-refractivity contribution in [3.05, 3.63) is 47.2 Å². The minimum atomic E-state index is -0.286. The first-order valence-electron chi connectivity index (χ1n) is 5.62. The fourth-order valence-electron chi connectivity index (χ4n) is 2.08. The standard InChI is InChI=1S/C14H15ClO2/c1-10(16)17-7-6-12-9-14(12,2)11-4-3-5-13(15)8-11/h3-8,12H,9H2,1-2H3/b7-6+/t12-,14+/m0/s1. The van der Waals surface area contributed by atoms with E-state index in [4.69, 9.17) is 16.3 Å². The fraction of sp³-hybridized carbons (Fsp3) is 0.357. The summed E-state index contributed by atoms with van der Waals surface area (Å²) in [6.07, 6.45) is 4.50. The summed E-state index contributed by atoms with van der Waals surface area (Å²) in [5, 5.41) is 0.762. The van der Waals surface area contributed by atoms with Crippen molar-refractivity contribution < 1.29 is 9.53 Å². The van der Waals surface area contributed by atoms with Crippen LogP contribution in [0.3, 0.4) is 0 Å². The number of rotatable bonds is 3. The van der Waals surface area contributed by atoms with Crippen LogP contribution in [-0.2, 0) is 14.9 Å². The van der Waals surface area contributed by atoms with Gasteiger partial charge in [0.05, 0.1) is 6.26 Å². The van der Waals surface area contributed by atoms with E-state index in [2.05, 4.69) is 13.0 Å². The Balaban J connectivity index is 2.04. The molecule has 0 amide bonds. The number of hydrogen-bond acceptors (Lipinski definition) is 2. The number of carbonyl (C=O) groups excluding carboxylic acids is 1. The molecule has 1 saturated carbocycles. The highest BCUT2D eigenvalue weighted by molar-refractivity contribution is 6.30. The van der Waals surface area contributed by atoms with Crippen molar-refractivity contribution in [2.75, 3.05) is 0 Å². The molecule has 2 atom stereocenters. The van der Waals surface area contributed by atoms with Crippen molar-refractivity contribution in [3.8, 4) is 0 Å². The lowest BCUT2D eigenvalue weighted by Crippen LogP contribution is -2.03. The van der Waals surface area contributed by atoms with Crippen LogP contribution in [0.4, 0.5) is 0 Å². The second-order valence-corrected chi connectivity index (χ2v) is 5.11. The number of carbonyl (C=O) groups is 1. The van der Waals surface area contributed by atoms with Crippen molar-refractivity contribution in [3.63, 3.8) is 0 Å². The molecule has 0 unspecified atom stereocenters. The zero-order valence-electron chi connectivity index (χ0n) is 9.94. The summed E-state index contributed by atoms with van der Waals surface area (Å²) in [6, 6.07) is 7.93. The molecule has 0 bridgehead atoms. The molecule has 0 spiro atoms. The number of hydrogen-bond donors (Lipinski definition) is 0. The van der Waals surface area contributed by atoms with Crippen LogP contribution in [0.15, 0.2) is 36.6 Å². The molecule has 0 N–H and O–H groups in total. The number of halogens is 1. The second-order valence-electron chi connectivity index (χ2n) is 4.68. The van der Waals surface area contributed by atoms with E-state index < -0.39 is 0 Å². The average Bonchev–Trinajstić information content (AvgIpc) is 2.91. The van der Waals surface area contributed by atoms with Crippen LogP contribution in [0.1, 0.15) is 25.8 Å². The highest BCUT2D eigenvalue weighted by Gasteiger charge is 2.49. The molecule has 1 aromatic rings. The van der Waals surface area contributed by atoms with Crippen LogP contribution in [-0.4, -0.2) is 5.97 Å². The Bertz CT molecular complexity index is 467. The van der Waals surface area contributed by atoms with E-state index >= 15 is 0 Å². The Morgan fingerprint density at radius 2 is 2.35 bits per heavy atom. The van der Waals surface area contributed by atoms with Gasteiger partial charge in [-0.1, -0.05) is 30.7 Å². The van der Waals surface area contributed by atoms with Crippen LogP contribution < -0.4 is 0 Å². The minimum Gasteiger partial charge on any atom is -0.435 e. The fourth-order valence-corrected chi connectivity index (χ4v) is 2.27. The third kappa shape index (κ3) is 2.70. The molecule has 1 fully saturated rings. The van der Waals surface area contributed by atoms with Gasteiger partial charge in [0, 0.05) is 11.9 Å². The van der Waals surface area contributed by atoms with Gasteiger partial charge in [-0.3, -0.25) is 4.79 Å². The zero-order chi connectivity index (χ0) is 12.5. The highest BCUT2D eigenvalue weighted by atomic mass is 35.5. The summed E-state index contributed by atoms with van der Waals surface area (Å²) in [7, 11) is 0. The summed E-state index contributed by atoms with van der Waals surface area (Å²) >= 11 is 5.98. The molecule has 0 aliphatic heterocycles. The summed E-state index contributed by atoms with van der Waals surface area (Å²) in [6.45, 7) is 3.59. The predicted molar refractivity (Wildman–Crippen MR) is 67.8 cm³/mol. The molecule has 0 aromatic heterocycles. The quantitative estimate of drug-likeness (QED) is 0.604. The number of ether oxygens (including phenoxy) is 1. The van der Waals surface area contributed by atoms with Crippen molar-refractivity contribution in [2.24, 2.45) is 5.92 Å². The van der Waals surface area contributed by atoms with E-state index in [1.165, 1.54) is 18.7 Å². The lowest BCUT2D eigenvalue weighted by molar-refractivity contribution is -0.135. The SMILES string of the molecule is CC(=O)O/C=C/[C@H]1C[C@]1(C)c1cccc(Cl)c1. The molecule has 1 aliphatic carbocycles. The second kappa shape index (κ2) is 4.53. The maximum absolute atomic E-state index is 10.6. The molecular formula is C14H15ClO2. The monoisotopic (exact) mass is 250 g/mol. The van der Waals surface area contributed by atoms with Gasteiger partial charge in [-0.25, -0.2) is 0 Å². The first-order chi connectivity index (χ1) is 8.02. The van der Waals surface area contributed by atoms with Crippen LogP contribution in [0.2, 0.25) is 5.02 Å². The van der Waals surface area contributed by atoms with E-state index in [9.17, 15) is 4.79 Å². The van der Waals surface area contributed by atoms with Crippen LogP contribution in [0.5, 0.6) is 0 Å². The minimum absolute atomic E-state index is 0.127. The Morgan fingerprint density at radius 3 is 3.00 bits per heavy atom. The lowest BCUT2D eigenvalue weighted by atomic mass is 9.95. The Labute approximate surface area is 106 Å². The van der Waals surface area contributed by atoms with Gasteiger partial charge in [-0.2, -0.15) is 0 Å². The van der Waals surface area contributed by atoms with Crippen LogP contribution in [0, 0.1) is 5.92 Å². The molecule has 0 saturated heterocycles. The first-order valence-corrected chi connectivity index (χ1v) is 6.00. The maximum atomic E-state index is 10.6. The average molecular weight is 251 g/mol. The van der Waals surface area contributed by atoms with E-state index in [-0.39, 0.29) is 11.4 Å². The molecule has 2 nitrogen and oxygen atoms in total. The van der Waals surface area contributed by atoms with Gasteiger partial charge >= 0.3 is 5.97 Å². The van der Waals surface area contributed by atoms with Crippen LogP contribution >= 0.6 is 11.6 Å². The molecular weight excluding hydrogens is 236 g/mol. The smallest absolute Gasteiger partial charge is 0.307 e. The van der Waals surface area contributed by atoms with Crippen molar-refractivity contribution in [2.45, 2.75) is 25.7 Å². The maximum Gasteiger partial charge on any atom is 0.307 e. The Kier molecular flexibility index (Phi) is 3.25. The molecule has 2 rings (SSSR count). The number of benzene rings is 1. The topological polar surface area (TPSA) is 26.3 Å². The molecule has 0 radical (unpaired) electrons. The highest BCUT2D eigenvalue weighted by Crippen LogP contribution is 2.54. The van der Waals surface area contributed by atoms with Gasteiger partial charge in [-0.05, 0) is 41.5 Å². The molecule has 17 heavy (non-hydrogen) atoms. The molecule has 3 heteroatoms. The molecule has 0 heterocycles. The van der Waals surface area contributed by atoms with Gasteiger partial charge in [0.25, 0.3) is 0 Å². The van der Waals surface area contributed by atoms with E-state index in [0.29, 0.717) is 5.92 Å². The number of esters is 1. The largest absolute Gasteiger partial charge is 0.435 e. The predicted octanol–water partition coefficient (Wildman–Crippen LogP) is 3.69. The van der Waals surface area contributed by atoms with Crippen molar-refractivity contribution >= 4 is 17.6 Å². The van der Waals surface area contributed by atoms with E-state index in [1.807, 2.05) is 24.3 Å². The molecule has 1 aromatic carbocycles. The normalized spacial score (nSPS) is 27.1. The third-order valence-electron chi connectivity index (χ3n) is 3.33. The summed E-state index contributed by atoms with van der Waals surface area (Å²) in [4.78, 5) is 10.6. The van der Waals surface area contributed by atoms with Gasteiger partial charge in [0.15, 0.2) is 0 Å². The third-order valence-corrected chi connectivity index (χ3v) is 3.57. The van der Waals surface area contributed by atoms with Crippen LogP contribution in [0.25, 0.3) is 0 Å². The summed E-state index contributed by atoms with van der Waals surface area (Å²) in [5.74, 6) is 0.131. The van der Waals surface area contributed by atoms with Gasteiger partial charge in [-0.15, -0.1) is 0 Å². The van der Waals surface area contributed by atoms with Gasteiger partial charge in [0.2, 0.25) is 0 Å². The first kappa shape index (κ1) is 12.2. The van der Waals surface area contributed by atoms with Gasteiger partial charge in [0.1, 0.15) is 0 Å². The van der Waals surface area contributed by atoms with Gasteiger partial charge < -0.3 is 4.74 Å². The Morgan fingerprint density at radius 1 is 1.59 bits per heavy atom. The Hall–Kier alpha value is -1.28. The lowest BCUT2D eigenvalue weighted by Gasteiger charge is -2.10. The molecule has 1 aliphatic rings. The molecule has 90 valence electrons. The van der Waals surface area contributed by atoms with Crippen molar-refractivity contribution in [1.82, 2.24) is 0 Å². The zero-order valence-corrected chi connectivity index (χ0v) is 10.7. The van der Waals surface area contributed by atoms with Crippen molar-refractivity contribution in [1.29, 1.82) is 0 Å². The van der Waals surface area contributed by atoms with E-state index in [0.717, 1.165) is 11.4 Å². The summed E-state index contributed by atoms with van der Waals surface area (Å²) in [5.41, 5.74) is 1.36. The summed E-state index contributed by atoms with van der Waals surface area (Å²) < 4.78 is 4.80.